The quantitative estimate of drug-likeness (QED) is 0.780. The number of aryl methyl sites for hydroxylation is 3. The Morgan fingerprint density at radius 2 is 2.00 bits per heavy atom. The molecule has 2 heterocycles. The fourth-order valence-corrected chi connectivity index (χ4v) is 1.59. The van der Waals surface area contributed by atoms with Crippen LogP contribution in [0.5, 0.6) is 5.75 Å². The number of nitrogens with zero attached hydrogens (tertiary/aromatic N) is 2. The summed E-state index contributed by atoms with van der Waals surface area (Å²) in [5, 5.41) is 0. The van der Waals surface area contributed by atoms with Gasteiger partial charge in [0.15, 0.2) is 0 Å². The second-order valence-electron chi connectivity index (χ2n) is 4.27. The van der Waals surface area contributed by atoms with E-state index in [4.69, 9.17) is 4.74 Å². The molecule has 0 saturated heterocycles. The molecule has 0 spiro atoms. The Kier molecular flexibility index (Phi) is 3.55. The molecule has 4 heteroatoms. The molecular formula is C14H15FN2O. The zero-order chi connectivity index (χ0) is 13.1. The van der Waals surface area contributed by atoms with Gasteiger partial charge in [-0.1, -0.05) is 0 Å². The first kappa shape index (κ1) is 12.5. The highest BCUT2D eigenvalue weighted by Gasteiger charge is 2.08. The summed E-state index contributed by atoms with van der Waals surface area (Å²) in [6, 6.07) is 3.62. The SMILES string of the molecule is Cc1ccncc1OCc1cc(C)c(C)nc1F. The largest absolute Gasteiger partial charge is 0.487 e. The number of ether oxygens (including phenoxy) is 1. The molecule has 0 saturated carbocycles. The highest BCUT2D eigenvalue weighted by atomic mass is 19.1. The lowest BCUT2D eigenvalue weighted by Crippen LogP contribution is -2.04. The van der Waals surface area contributed by atoms with Gasteiger partial charge in [0.1, 0.15) is 12.4 Å². The Hall–Kier alpha value is -1.97. The van der Waals surface area contributed by atoms with E-state index in [1.54, 1.807) is 25.4 Å². The number of rotatable bonds is 3. The second kappa shape index (κ2) is 5.12. The van der Waals surface area contributed by atoms with Crippen LogP contribution in [-0.4, -0.2) is 9.97 Å². The highest BCUT2D eigenvalue weighted by molar-refractivity contribution is 5.29. The van der Waals surface area contributed by atoms with Gasteiger partial charge in [-0.3, -0.25) is 4.98 Å². The predicted octanol–water partition coefficient (Wildman–Crippen LogP) is 3.12. The van der Waals surface area contributed by atoms with Gasteiger partial charge in [0.25, 0.3) is 0 Å². The van der Waals surface area contributed by atoms with Crippen molar-refractivity contribution in [2.24, 2.45) is 0 Å². The Balaban J connectivity index is 2.16. The molecule has 0 unspecified atom stereocenters. The molecule has 2 aromatic rings. The minimum absolute atomic E-state index is 0.159. The van der Waals surface area contributed by atoms with Crippen LogP contribution in [0.4, 0.5) is 4.39 Å². The van der Waals surface area contributed by atoms with Gasteiger partial charge in [-0.25, -0.2) is 4.98 Å². The van der Waals surface area contributed by atoms with Gasteiger partial charge in [-0.2, -0.15) is 4.39 Å². The number of hydrogen-bond acceptors (Lipinski definition) is 3. The van der Waals surface area contributed by atoms with E-state index < -0.39 is 5.95 Å². The maximum absolute atomic E-state index is 13.6. The molecule has 94 valence electrons. The summed E-state index contributed by atoms with van der Waals surface area (Å²) < 4.78 is 19.2. The fraction of sp³-hybridized carbons (Fsp3) is 0.286. The molecule has 0 aliphatic heterocycles. The van der Waals surface area contributed by atoms with Gasteiger partial charge in [0.05, 0.1) is 6.20 Å². The van der Waals surface area contributed by atoms with Crippen LogP contribution in [0.2, 0.25) is 0 Å². The van der Waals surface area contributed by atoms with Gasteiger partial charge in [-0.15, -0.1) is 0 Å². The fourth-order valence-electron chi connectivity index (χ4n) is 1.59. The molecule has 3 nitrogen and oxygen atoms in total. The predicted molar refractivity (Wildman–Crippen MR) is 67.0 cm³/mol. The third-order valence-electron chi connectivity index (χ3n) is 2.87. The standard InChI is InChI=1S/C14H15FN2O/c1-9-4-5-16-7-13(9)18-8-12-6-10(2)11(3)17-14(12)15/h4-7H,8H2,1-3H3. The van der Waals surface area contributed by atoms with Crippen molar-refractivity contribution in [2.45, 2.75) is 27.4 Å². The van der Waals surface area contributed by atoms with E-state index in [2.05, 4.69) is 9.97 Å². The summed E-state index contributed by atoms with van der Waals surface area (Å²) in [4.78, 5) is 7.82. The van der Waals surface area contributed by atoms with E-state index in [-0.39, 0.29) is 6.61 Å². The molecule has 0 radical (unpaired) electrons. The van der Waals surface area contributed by atoms with E-state index in [0.29, 0.717) is 17.0 Å². The third kappa shape index (κ3) is 2.64. The Morgan fingerprint density at radius 3 is 2.72 bits per heavy atom. The van der Waals surface area contributed by atoms with E-state index in [9.17, 15) is 4.39 Å². The zero-order valence-corrected chi connectivity index (χ0v) is 10.7. The summed E-state index contributed by atoms with van der Waals surface area (Å²) in [6.07, 6.45) is 3.32. The van der Waals surface area contributed by atoms with Gasteiger partial charge in [0, 0.05) is 17.5 Å². The summed E-state index contributed by atoms with van der Waals surface area (Å²) in [5.74, 6) is 0.190. The monoisotopic (exact) mass is 246 g/mol. The summed E-state index contributed by atoms with van der Waals surface area (Å²) in [7, 11) is 0. The first-order valence-corrected chi connectivity index (χ1v) is 5.74. The Bertz CT molecular complexity index is 570. The van der Waals surface area contributed by atoms with Crippen LogP contribution < -0.4 is 4.74 Å². The molecule has 0 fully saturated rings. The normalized spacial score (nSPS) is 10.4. The Labute approximate surface area is 106 Å². The Morgan fingerprint density at radius 1 is 1.22 bits per heavy atom. The van der Waals surface area contributed by atoms with E-state index in [0.717, 1.165) is 11.1 Å². The molecule has 2 aromatic heterocycles. The summed E-state index contributed by atoms with van der Waals surface area (Å²) >= 11 is 0. The molecule has 18 heavy (non-hydrogen) atoms. The summed E-state index contributed by atoms with van der Waals surface area (Å²) in [6.45, 7) is 5.77. The minimum Gasteiger partial charge on any atom is -0.487 e. The van der Waals surface area contributed by atoms with Crippen LogP contribution >= 0.6 is 0 Å². The van der Waals surface area contributed by atoms with E-state index in [1.807, 2.05) is 19.9 Å². The molecule has 0 aliphatic rings. The number of hydrogen-bond donors (Lipinski definition) is 0. The molecule has 0 bridgehead atoms. The van der Waals surface area contributed by atoms with Gasteiger partial charge < -0.3 is 4.74 Å². The average Bonchev–Trinajstić information content (AvgIpc) is 2.34. The van der Waals surface area contributed by atoms with Crippen molar-refractivity contribution in [3.05, 3.63) is 52.9 Å². The van der Waals surface area contributed by atoms with Crippen molar-refractivity contribution < 1.29 is 9.13 Å². The maximum Gasteiger partial charge on any atom is 0.219 e. The van der Waals surface area contributed by atoms with Crippen LogP contribution in [0.1, 0.15) is 22.4 Å². The lowest BCUT2D eigenvalue weighted by molar-refractivity contribution is 0.294. The molecule has 0 amide bonds. The van der Waals surface area contributed by atoms with Crippen molar-refractivity contribution in [2.75, 3.05) is 0 Å². The van der Waals surface area contributed by atoms with E-state index in [1.165, 1.54) is 0 Å². The summed E-state index contributed by atoms with van der Waals surface area (Å²) in [5.41, 5.74) is 3.09. The van der Waals surface area contributed by atoms with Crippen molar-refractivity contribution >= 4 is 0 Å². The van der Waals surface area contributed by atoms with Gasteiger partial charge >= 0.3 is 0 Å². The van der Waals surface area contributed by atoms with Crippen LogP contribution in [0.25, 0.3) is 0 Å². The van der Waals surface area contributed by atoms with Crippen molar-refractivity contribution in [1.29, 1.82) is 0 Å². The van der Waals surface area contributed by atoms with Crippen LogP contribution in [0.15, 0.2) is 24.5 Å². The van der Waals surface area contributed by atoms with Gasteiger partial charge in [0.2, 0.25) is 5.95 Å². The number of halogens is 1. The molecule has 0 atom stereocenters. The lowest BCUT2D eigenvalue weighted by Gasteiger charge is -2.10. The van der Waals surface area contributed by atoms with Crippen molar-refractivity contribution in [3.63, 3.8) is 0 Å². The van der Waals surface area contributed by atoms with Crippen LogP contribution in [-0.2, 0) is 6.61 Å². The van der Waals surface area contributed by atoms with Gasteiger partial charge in [-0.05, 0) is 44.0 Å². The topological polar surface area (TPSA) is 35.0 Å². The number of aromatic nitrogens is 2. The first-order valence-electron chi connectivity index (χ1n) is 5.74. The first-order chi connectivity index (χ1) is 8.58. The minimum atomic E-state index is -0.473. The average molecular weight is 246 g/mol. The van der Waals surface area contributed by atoms with Crippen LogP contribution in [0.3, 0.4) is 0 Å². The third-order valence-corrected chi connectivity index (χ3v) is 2.87. The molecule has 0 aliphatic carbocycles. The highest BCUT2D eigenvalue weighted by Crippen LogP contribution is 2.18. The smallest absolute Gasteiger partial charge is 0.219 e. The molecule has 0 aromatic carbocycles. The molecule has 0 N–H and O–H groups in total. The van der Waals surface area contributed by atoms with E-state index >= 15 is 0 Å². The van der Waals surface area contributed by atoms with Crippen molar-refractivity contribution in [3.8, 4) is 5.75 Å². The zero-order valence-electron chi connectivity index (χ0n) is 10.7. The number of pyridine rings is 2. The second-order valence-corrected chi connectivity index (χ2v) is 4.27. The molecular weight excluding hydrogens is 231 g/mol. The lowest BCUT2D eigenvalue weighted by atomic mass is 10.1. The van der Waals surface area contributed by atoms with Crippen LogP contribution in [0, 0.1) is 26.7 Å². The molecule has 2 rings (SSSR count). The van der Waals surface area contributed by atoms with Crippen molar-refractivity contribution in [1.82, 2.24) is 9.97 Å². The maximum atomic E-state index is 13.6.